The van der Waals surface area contributed by atoms with Gasteiger partial charge >= 0.3 is 5.97 Å². The highest BCUT2D eigenvalue weighted by molar-refractivity contribution is 6.03. The number of rotatable bonds is 12. The molecule has 0 aromatic heterocycles. The van der Waals surface area contributed by atoms with E-state index in [2.05, 4.69) is 158 Å². The van der Waals surface area contributed by atoms with Gasteiger partial charge < -0.3 is 10.0 Å². The van der Waals surface area contributed by atoms with E-state index in [1.165, 1.54) is 33.7 Å². The molecule has 0 saturated carbocycles. The van der Waals surface area contributed by atoms with Crippen molar-refractivity contribution in [3.8, 4) is 0 Å². The van der Waals surface area contributed by atoms with E-state index in [0.717, 1.165) is 37.2 Å². The minimum Gasteiger partial charge on any atom is -0.481 e. The average molecular weight is 622 g/mol. The number of aliphatic carboxylic acids is 1. The zero-order valence-electron chi connectivity index (χ0n) is 27.8. The Kier molecular flexibility index (Phi) is 9.40. The standard InChI is InChI=1S/C43H44N2O2/c1-4-29-44-37-24-16-14-22-35(37)42(2,31-33-18-8-5-9-19-33)39(44)26-12-7-13-27-40-43(3,32-34-20-10-6-11-21-34)36-23-15-17-25-38(36)45(40)30-28-41(46)47/h5-27H,4,28-32H2,1-3H3/p+1. The number of carboxylic acid groups (broad SMARTS) is 1. The predicted molar refractivity (Wildman–Crippen MR) is 194 cm³/mol. The van der Waals surface area contributed by atoms with Gasteiger partial charge in [0.1, 0.15) is 6.54 Å². The van der Waals surface area contributed by atoms with Crippen LogP contribution in [-0.4, -0.2) is 34.5 Å². The Labute approximate surface area is 279 Å². The molecule has 0 spiro atoms. The summed E-state index contributed by atoms with van der Waals surface area (Å²) in [7, 11) is 0. The zero-order valence-corrected chi connectivity index (χ0v) is 27.8. The van der Waals surface area contributed by atoms with Crippen LogP contribution in [0.25, 0.3) is 0 Å². The van der Waals surface area contributed by atoms with E-state index in [1.807, 2.05) is 12.1 Å². The Morgan fingerprint density at radius 2 is 1.34 bits per heavy atom. The van der Waals surface area contributed by atoms with Crippen LogP contribution in [0.5, 0.6) is 0 Å². The van der Waals surface area contributed by atoms with Crippen molar-refractivity contribution in [1.29, 1.82) is 0 Å². The normalized spacial score (nSPS) is 21.3. The number of hydrogen-bond acceptors (Lipinski definition) is 2. The largest absolute Gasteiger partial charge is 0.481 e. The molecule has 6 rings (SSSR count). The molecule has 0 bridgehead atoms. The van der Waals surface area contributed by atoms with Crippen LogP contribution in [0.15, 0.2) is 145 Å². The lowest BCUT2D eigenvalue weighted by atomic mass is 9.74. The number of carboxylic acids is 1. The van der Waals surface area contributed by atoms with Gasteiger partial charge in [-0.2, -0.15) is 4.58 Å². The molecule has 0 radical (unpaired) electrons. The maximum absolute atomic E-state index is 11.7. The summed E-state index contributed by atoms with van der Waals surface area (Å²) in [6, 6.07) is 38.7. The van der Waals surface area contributed by atoms with Crippen molar-refractivity contribution in [2.45, 2.75) is 57.3 Å². The van der Waals surface area contributed by atoms with E-state index in [-0.39, 0.29) is 17.3 Å². The van der Waals surface area contributed by atoms with Gasteiger partial charge in [-0.1, -0.05) is 122 Å². The smallest absolute Gasteiger partial charge is 0.305 e. The van der Waals surface area contributed by atoms with Crippen molar-refractivity contribution in [3.05, 3.63) is 168 Å². The van der Waals surface area contributed by atoms with E-state index in [4.69, 9.17) is 0 Å². The van der Waals surface area contributed by atoms with Gasteiger partial charge in [-0.3, -0.25) is 4.79 Å². The molecule has 2 atom stereocenters. The first-order chi connectivity index (χ1) is 22.8. The summed E-state index contributed by atoms with van der Waals surface area (Å²) in [6.07, 6.45) is 13.8. The molecule has 238 valence electrons. The van der Waals surface area contributed by atoms with Crippen LogP contribution in [0.3, 0.4) is 0 Å². The highest BCUT2D eigenvalue weighted by Crippen LogP contribution is 2.50. The van der Waals surface area contributed by atoms with Gasteiger partial charge in [-0.05, 0) is 55.5 Å². The number of allylic oxidation sites excluding steroid dienone is 6. The van der Waals surface area contributed by atoms with Crippen LogP contribution in [0.1, 0.15) is 55.9 Å². The quantitative estimate of drug-likeness (QED) is 0.127. The van der Waals surface area contributed by atoms with E-state index in [1.54, 1.807) is 0 Å². The third kappa shape index (κ3) is 6.38. The summed E-state index contributed by atoms with van der Waals surface area (Å²) in [5.41, 5.74) is 9.54. The number of fused-ring (bicyclic) bond motifs is 2. The highest BCUT2D eigenvalue weighted by Gasteiger charge is 2.47. The third-order valence-corrected chi connectivity index (χ3v) is 9.82. The fourth-order valence-electron chi connectivity index (χ4n) is 7.68. The minimum atomic E-state index is -0.790. The molecule has 4 aromatic rings. The number of carbonyl (C=O) groups is 1. The Balaban J connectivity index is 1.36. The molecular weight excluding hydrogens is 576 g/mol. The second kappa shape index (κ2) is 13.8. The first-order valence-electron chi connectivity index (χ1n) is 16.8. The van der Waals surface area contributed by atoms with Gasteiger partial charge in [0.2, 0.25) is 5.69 Å². The van der Waals surface area contributed by atoms with E-state index >= 15 is 0 Å². The number of anilines is 1. The van der Waals surface area contributed by atoms with Crippen molar-refractivity contribution in [1.82, 2.24) is 0 Å². The molecule has 4 nitrogen and oxygen atoms in total. The molecule has 2 unspecified atom stereocenters. The van der Waals surface area contributed by atoms with Crippen LogP contribution < -0.4 is 4.90 Å². The first kappa shape index (κ1) is 32.0. The Bertz CT molecular complexity index is 1850. The van der Waals surface area contributed by atoms with Crippen LogP contribution in [0.4, 0.5) is 11.4 Å². The zero-order chi connectivity index (χ0) is 32.9. The molecule has 0 fully saturated rings. The Hall–Kier alpha value is -4.96. The maximum atomic E-state index is 11.7. The van der Waals surface area contributed by atoms with Crippen LogP contribution in [-0.2, 0) is 28.5 Å². The molecule has 0 aliphatic carbocycles. The topological polar surface area (TPSA) is 43.5 Å². The Morgan fingerprint density at radius 1 is 0.745 bits per heavy atom. The third-order valence-electron chi connectivity index (χ3n) is 9.82. The van der Waals surface area contributed by atoms with E-state index in [9.17, 15) is 9.90 Å². The predicted octanol–water partition coefficient (Wildman–Crippen LogP) is 9.19. The summed E-state index contributed by atoms with van der Waals surface area (Å²) in [6.45, 7) is 8.30. The fraction of sp³-hybridized carbons (Fsp3) is 0.256. The monoisotopic (exact) mass is 621 g/mol. The number of para-hydroxylation sites is 2. The lowest BCUT2D eigenvalue weighted by Crippen LogP contribution is -2.33. The number of benzene rings is 4. The van der Waals surface area contributed by atoms with E-state index < -0.39 is 5.97 Å². The maximum Gasteiger partial charge on any atom is 0.305 e. The summed E-state index contributed by atoms with van der Waals surface area (Å²) in [5.74, 6) is -0.790. The highest BCUT2D eigenvalue weighted by atomic mass is 16.4. The number of nitrogens with zero attached hydrogens (tertiary/aromatic N) is 2. The summed E-state index contributed by atoms with van der Waals surface area (Å²) in [5, 5.41) is 9.61. The first-order valence-corrected chi connectivity index (χ1v) is 16.8. The van der Waals surface area contributed by atoms with Crippen molar-refractivity contribution in [2.24, 2.45) is 0 Å². The van der Waals surface area contributed by atoms with Crippen molar-refractivity contribution < 1.29 is 14.5 Å². The van der Waals surface area contributed by atoms with Gasteiger partial charge in [0.15, 0.2) is 5.71 Å². The fourth-order valence-corrected chi connectivity index (χ4v) is 7.68. The second-order valence-corrected chi connectivity index (χ2v) is 13.2. The van der Waals surface area contributed by atoms with Crippen LogP contribution in [0.2, 0.25) is 0 Å². The van der Waals surface area contributed by atoms with Gasteiger partial charge in [0.25, 0.3) is 0 Å². The molecule has 0 amide bonds. The van der Waals surface area contributed by atoms with Crippen molar-refractivity contribution in [2.75, 3.05) is 18.0 Å². The van der Waals surface area contributed by atoms with Crippen LogP contribution in [0, 0.1) is 0 Å². The second-order valence-electron chi connectivity index (χ2n) is 13.2. The molecule has 1 N–H and O–H groups in total. The summed E-state index contributed by atoms with van der Waals surface area (Å²) in [4.78, 5) is 13.9. The molecule has 4 aromatic carbocycles. The molecule has 4 heteroatoms. The SMILES string of the molecule is CCC[N+]1=C(C=CC=CC=C2N(CCC(=O)O)c3ccccc3C2(C)Cc2ccccc2)C(C)(Cc2ccccc2)c2ccccc21. The van der Waals surface area contributed by atoms with Gasteiger partial charge in [-0.15, -0.1) is 0 Å². The summed E-state index contributed by atoms with van der Waals surface area (Å²) >= 11 is 0. The molecule has 2 aliphatic heterocycles. The average Bonchev–Trinajstić information content (AvgIpc) is 3.45. The molecule has 47 heavy (non-hydrogen) atoms. The lowest BCUT2D eigenvalue weighted by molar-refractivity contribution is -0.437. The minimum absolute atomic E-state index is 0.0723. The summed E-state index contributed by atoms with van der Waals surface area (Å²) < 4.78 is 2.50. The van der Waals surface area contributed by atoms with Gasteiger partial charge in [0, 0.05) is 47.5 Å². The van der Waals surface area contributed by atoms with Crippen LogP contribution >= 0.6 is 0 Å². The molecule has 2 aliphatic rings. The number of hydrogen-bond donors (Lipinski definition) is 1. The van der Waals surface area contributed by atoms with Gasteiger partial charge in [0.05, 0.1) is 11.8 Å². The lowest BCUT2D eigenvalue weighted by Gasteiger charge is -2.30. The molecule has 2 heterocycles. The molecule has 0 saturated heterocycles. The van der Waals surface area contributed by atoms with E-state index in [0.29, 0.717) is 6.54 Å². The van der Waals surface area contributed by atoms with Crippen molar-refractivity contribution >= 4 is 23.1 Å². The Morgan fingerprint density at radius 3 is 2.00 bits per heavy atom. The van der Waals surface area contributed by atoms with Crippen molar-refractivity contribution in [3.63, 3.8) is 0 Å². The molecular formula is C43H45N2O2+. The van der Waals surface area contributed by atoms with Gasteiger partial charge in [-0.25, -0.2) is 0 Å².